The molecule has 0 radical (unpaired) electrons. The third-order valence-corrected chi connectivity index (χ3v) is 8.82. The number of carboxylic acid groups (broad SMARTS) is 1. The Labute approximate surface area is 230 Å². The molecule has 0 fully saturated rings. The Morgan fingerprint density at radius 3 is 2.24 bits per heavy atom. The average molecular weight is 603 g/mol. The van der Waals surface area contributed by atoms with E-state index in [9.17, 15) is 19.5 Å². The molecule has 0 aliphatic heterocycles. The number of halogens is 2. The SMILES string of the molecule is CC1(C)C(=O)C([Se]c2ccccc2)=C1N[C@@H](Cc1ccc(NC(=O)c2c(Cl)cncc2Cl)cc1)C(=O)O. The molecule has 3 N–H and O–H groups in total. The minimum atomic E-state index is -1.02. The van der Waals surface area contributed by atoms with Gasteiger partial charge in [-0.1, -0.05) is 23.2 Å². The number of rotatable bonds is 9. The van der Waals surface area contributed by atoms with Crippen LogP contribution in [0.5, 0.6) is 0 Å². The molecule has 1 atom stereocenters. The van der Waals surface area contributed by atoms with Crippen molar-refractivity contribution in [2.24, 2.45) is 5.41 Å². The molecule has 2 aromatic carbocycles. The van der Waals surface area contributed by atoms with Gasteiger partial charge in [-0.15, -0.1) is 0 Å². The number of carbonyl (C=O) groups excluding carboxylic acids is 2. The van der Waals surface area contributed by atoms with Crippen LogP contribution in [-0.2, 0) is 16.0 Å². The number of Topliss-reactive ketones (excluding diaryl/α,β-unsaturated/α-hetero) is 1. The number of aliphatic carboxylic acids is 1. The van der Waals surface area contributed by atoms with Gasteiger partial charge in [-0.3, -0.25) is 4.98 Å². The summed E-state index contributed by atoms with van der Waals surface area (Å²) in [4.78, 5) is 41.3. The third-order valence-electron chi connectivity index (χ3n) is 5.94. The molecule has 0 unspecified atom stereocenters. The second-order valence-corrected chi connectivity index (χ2v) is 12.0. The van der Waals surface area contributed by atoms with Crippen LogP contribution in [0.4, 0.5) is 5.69 Å². The van der Waals surface area contributed by atoms with E-state index in [0.29, 0.717) is 15.9 Å². The number of benzene rings is 2. The summed E-state index contributed by atoms with van der Waals surface area (Å²) in [5, 5.41) is 16.1. The van der Waals surface area contributed by atoms with Gasteiger partial charge in [0.2, 0.25) is 0 Å². The number of carbonyl (C=O) groups is 3. The second-order valence-electron chi connectivity index (χ2n) is 8.94. The summed E-state index contributed by atoms with van der Waals surface area (Å²) in [6.45, 7) is 3.61. The standard InChI is InChI=1S/C27H23Cl2N3O4Se/c1-27(2)23(22(24(27)33)37-17-6-4-3-5-7-17)32-20(26(35)36)12-15-8-10-16(11-9-15)31-25(34)21-18(28)13-30-14-19(21)29/h3-11,13-14,20,32H,12H2,1-2H3,(H,31,34)(H,35,36)/t20-/m0/s1. The summed E-state index contributed by atoms with van der Waals surface area (Å²) >= 11 is 11.9. The zero-order chi connectivity index (χ0) is 26.7. The Balaban J connectivity index is 1.48. The van der Waals surface area contributed by atoms with Gasteiger partial charge in [0.05, 0.1) is 10.0 Å². The van der Waals surface area contributed by atoms with Gasteiger partial charge in [-0.25, -0.2) is 0 Å². The van der Waals surface area contributed by atoms with E-state index in [2.05, 4.69) is 15.6 Å². The van der Waals surface area contributed by atoms with E-state index in [-0.39, 0.29) is 42.8 Å². The number of allylic oxidation sites excluding steroid dienone is 2. The third kappa shape index (κ3) is 5.89. The zero-order valence-corrected chi connectivity index (χ0v) is 23.1. The molecule has 0 saturated carbocycles. The Morgan fingerprint density at radius 2 is 1.65 bits per heavy atom. The summed E-state index contributed by atoms with van der Waals surface area (Å²) in [5.41, 5.74) is 1.29. The fourth-order valence-corrected chi connectivity index (χ4v) is 7.09. The molecule has 0 spiro atoms. The summed E-state index contributed by atoms with van der Waals surface area (Å²) < 4.78 is 1.72. The van der Waals surface area contributed by atoms with Crippen molar-refractivity contribution in [1.82, 2.24) is 10.3 Å². The van der Waals surface area contributed by atoms with Gasteiger partial charge >= 0.3 is 181 Å². The predicted octanol–water partition coefficient (Wildman–Crippen LogP) is 4.08. The fourth-order valence-electron chi connectivity index (χ4n) is 3.84. The molecule has 1 aliphatic carbocycles. The zero-order valence-electron chi connectivity index (χ0n) is 19.9. The van der Waals surface area contributed by atoms with Crippen LogP contribution in [-0.4, -0.2) is 48.7 Å². The number of ketones is 1. The molecular weight excluding hydrogens is 580 g/mol. The van der Waals surface area contributed by atoms with Crippen molar-refractivity contribution >= 4 is 66.0 Å². The molecular formula is C27H23Cl2N3O4Se. The van der Waals surface area contributed by atoms with Crippen LogP contribution in [0.1, 0.15) is 29.8 Å². The van der Waals surface area contributed by atoms with Gasteiger partial charge in [-0.05, 0) is 0 Å². The summed E-state index contributed by atoms with van der Waals surface area (Å²) in [6, 6.07) is 15.6. The van der Waals surface area contributed by atoms with Crippen LogP contribution in [0.15, 0.2) is 77.2 Å². The van der Waals surface area contributed by atoms with E-state index in [4.69, 9.17) is 23.2 Å². The maximum atomic E-state index is 12.8. The number of pyridine rings is 1. The van der Waals surface area contributed by atoms with E-state index in [1.165, 1.54) is 12.4 Å². The first-order valence-corrected chi connectivity index (χ1v) is 13.8. The van der Waals surface area contributed by atoms with E-state index in [0.717, 1.165) is 10.0 Å². The van der Waals surface area contributed by atoms with Gasteiger partial charge in [0.1, 0.15) is 0 Å². The number of nitrogens with zero attached hydrogens (tertiary/aromatic N) is 1. The monoisotopic (exact) mass is 603 g/mol. The molecule has 0 saturated heterocycles. The molecule has 1 aromatic heterocycles. The normalized spacial score (nSPS) is 15.1. The topological polar surface area (TPSA) is 108 Å². The van der Waals surface area contributed by atoms with E-state index in [1.54, 1.807) is 38.1 Å². The molecule has 0 bridgehead atoms. The van der Waals surface area contributed by atoms with Crippen LogP contribution >= 0.6 is 23.2 Å². The molecule has 190 valence electrons. The van der Waals surface area contributed by atoms with Crippen LogP contribution in [0.25, 0.3) is 0 Å². The van der Waals surface area contributed by atoms with E-state index in [1.807, 2.05) is 30.3 Å². The molecule has 1 heterocycles. The van der Waals surface area contributed by atoms with Gasteiger partial charge in [0.15, 0.2) is 0 Å². The minimum absolute atomic E-state index is 0.0393. The molecule has 3 aromatic rings. The number of anilines is 1. The number of aromatic nitrogens is 1. The van der Waals surface area contributed by atoms with Crippen molar-refractivity contribution in [2.45, 2.75) is 26.3 Å². The van der Waals surface area contributed by atoms with Crippen molar-refractivity contribution in [3.05, 3.63) is 98.3 Å². The fraction of sp³-hybridized carbons (Fsp3) is 0.185. The van der Waals surface area contributed by atoms with Crippen LogP contribution < -0.4 is 15.1 Å². The van der Waals surface area contributed by atoms with Crippen molar-refractivity contribution in [3.63, 3.8) is 0 Å². The molecule has 37 heavy (non-hydrogen) atoms. The predicted molar refractivity (Wildman–Crippen MR) is 145 cm³/mol. The number of carboxylic acids is 1. The van der Waals surface area contributed by atoms with Crippen molar-refractivity contribution in [2.75, 3.05) is 5.32 Å². The quantitative estimate of drug-likeness (QED) is 0.319. The molecule has 1 amide bonds. The number of amides is 1. The van der Waals surface area contributed by atoms with Crippen LogP contribution in [0, 0.1) is 5.41 Å². The summed E-state index contributed by atoms with van der Waals surface area (Å²) in [5.74, 6) is -1.46. The summed E-state index contributed by atoms with van der Waals surface area (Å²) in [7, 11) is 0. The summed E-state index contributed by atoms with van der Waals surface area (Å²) in [6.07, 6.45) is 2.86. The molecule has 1 aliphatic rings. The number of hydrogen-bond donors (Lipinski definition) is 3. The Kier molecular flexibility index (Phi) is 8.05. The van der Waals surface area contributed by atoms with E-state index < -0.39 is 23.3 Å². The molecule has 7 nitrogen and oxygen atoms in total. The maximum absolute atomic E-state index is 12.8. The second kappa shape index (κ2) is 11.1. The van der Waals surface area contributed by atoms with Gasteiger partial charge in [-0.2, -0.15) is 0 Å². The average Bonchev–Trinajstić information content (AvgIpc) is 2.86. The Hall–Kier alpha value is -3.16. The Morgan fingerprint density at radius 1 is 1.03 bits per heavy atom. The molecule has 10 heteroatoms. The van der Waals surface area contributed by atoms with Gasteiger partial charge in [0, 0.05) is 12.4 Å². The first-order chi connectivity index (χ1) is 17.6. The Bertz CT molecular complexity index is 1370. The van der Waals surface area contributed by atoms with E-state index >= 15 is 0 Å². The first-order valence-electron chi connectivity index (χ1n) is 11.3. The molecule has 4 rings (SSSR count). The van der Waals surface area contributed by atoms with Gasteiger partial charge < -0.3 is 0 Å². The van der Waals surface area contributed by atoms with Gasteiger partial charge in [0.25, 0.3) is 0 Å². The van der Waals surface area contributed by atoms with Crippen molar-refractivity contribution < 1.29 is 19.5 Å². The van der Waals surface area contributed by atoms with Crippen LogP contribution in [0.3, 0.4) is 0 Å². The van der Waals surface area contributed by atoms with Crippen molar-refractivity contribution in [3.8, 4) is 0 Å². The first kappa shape index (κ1) is 26.9. The van der Waals surface area contributed by atoms with Crippen molar-refractivity contribution in [1.29, 1.82) is 0 Å². The van der Waals surface area contributed by atoms with Crippen LogP contribution in [0.2, 0.25) is 10.0 Å². The number of hydrogen-bond acceptors (Lipinski definition) is 5. The number of nitrogens with one attached hydrogen (secondary N) is 2.